The van der Waals surface area contributed by atoms with Crippen molar-refractivity contribution in [2.24, 2.45) is 0 Å². The van der Waals surface area contributed by atoms with Crippen molar-refractivity contribution in [3.05, 3.63) is 62.7 Å². The van der Waals surface area contributed by atoms with E-state index in [-0.39, 0.29) is 22.1 Å². The van der Waals surface area contributed by atoms with E-state index in [1.54, 1.807) is 6.92 Å². The predicted octanol–water partition coefficient (Wildman–Crippen LogP) is 3.68. The second-order valence-electron chi connectivity index (χ2n) is 4.57. The molecule has 0 spiro atoms. The Morgan fingerprint density at radius 3 is 2.62 bits per heavy atom. The van der Waals surface area contributed by atoms with Crippen molar-refractivity contribution in [3.8, 4) is 11.5 Å². The average Bonchev–Trinajstić information content (AvgIpc) is 2.56. The van der Waals surface area contributed by atoms with Gasteiger partial charge in [0.25, 0.3) is 5.69 Å². The van der Waals surface area contributed by atoms with Crippen molar-refractivity contribution >= 4 is 29.5 Å². The minimum absolute atomic E-state index is 0.0342. The van der Waals surface area contributed by atoms with E-state index >= 15 is 0 Å². The molecule has 0 aliphatic rings. The molecule has 0 amide bonds. The standard InChI is InChI=1S/C16H12ClNO6/c1-2-23-15-7-10(9-19)3-6-14(15)24-16(20)11-4-5-12(17)13(8-11)18(21)22/h3-9H,2H2,1H3. The highest BCUT2D eigenvalue weighted by Gasteiger charge is 2.19. The lowest BCUT2D eigenvalue weighted by Gasteiger charge is -2.11. The largest absolute Gasteiger partial charge is 0.490 e. The molecule has 0 N–H and O–H groups in total. The van der Waals surface area contributed by atoms with Crippen LogP contribution in [0.25, 0.3) is 0 Å². The molecule has 2 aromatic carbocycles. The maximum absolute atomic E-state index is 12.2. The number of hydrogen-bond donors (Lipinski definition) is 0. The lowest BCUT2D eigenvalue weighted by molar-refractivity contribution is -0.384. The molecule has 0 atom stereocenters. The van der Waals surface area contributed by atoms with Crippen LogP contribution in [0.1, 0.15) is 27.6 Å². The molecule has 24 heavy (non-hydrogen) atoms. The van der Waals surface area contributed by atoms with Crippen molar-refractivity contribution in [1.29, 1.82) is 0 Å². The summed E-state index contributed by atoms with van der Waals surface area (Å²) >= 11 is 5.71. The van der Waals surface area contributed by atoms with E-state index in [9.17, 15) is 19.7 Å². The normalized spacial score (nSPS) is 10.1. The molecule has 0 aliphatic heterocycles. The van der Waals surface area contributed by atoms with Gasteiger partial charge in [-0.3, -0.25) is 14.9 Å². The van der Waals surface area contributed by atoms with Crippen LogP contribution in [0, 0.1) is 10.1 Å². The number of carbonyl (C=O) groups excluding carboxylic acids is 2. The molecule has 0 unspecified atom stereocenters. The van der Waals surface area contributed by atoms with Crippen molar-refractivity contribution in [2.45, 2.75) is 6.92 Å². The molecule has 124 valence electrons. The van der Waals surface area contributed by atoms with Crippen LogP contribution in [-0.4, -0.2) is 23.8 Å². The highest BCUT2D eigenvalue weighted by molar-refractivity contribution is 6.32. The van der Waals surface area contributed by atoms with E-state index in [2.05, 4.69) is 0 Å². The van der Waals surface area contributed by atoms with E-state index in [4.69, 9.17) is 21.1 Å². The van der Waals surface area contributed by atoms with Gasteiger partial charge in [-0.2, -0.15) is 0 Å². The third kappa shape index (κ3) is 3.88. The fourth-order valence-corrected chi connectivity index (χ4v) is 2.08. The number of nitro benzene ring substituents is 1. The number of halogens is 1. The first kappa shape index (κ1) is 17.4. The second kappa shape index (κ2) is 7.56. The molecule has 0 aliphatic carbocycles. The quantitative estimate of drug-likeness (QED) is 0.259. The molecule has 2 aromatic rings. The maximum Gasteiger partial charge on any atom is 0.343 e. The third-order valence-electron chi connectivity index (χ3n) is 2.98. The zero-order valence-electron chi connectivity index (χ0n) is 12.5. The summed E-state index contributed by atoms with van der Waals surface area (Å²) in [6, 6.07) is 7.90. The van der Waals surface area contributed by atoms with Crippen molar-refractivity contribution in [1.82, 2.24) is 0 Å². The number of rotatable bonds is 6. The average molecular weight is 350 g/mol. The van der Waals surface area contributed by atoms with Crippen LogP contribution < -0.4 is 9.47 Å². The number of aldehydes is 1. The SMILES string of the molecule is CCOc1cc(C=O)ccc1OC(=O)c1ccc(Cl)c([N+](=O)[O-])c1. The molecular formula is C16H12ClNO6. The maximum atomic E-state index is 12.2. The summed E-state index contributed by atoms with van der Waals surface area (Å²) in [4.78, 5) is 33.2. The van der Waals surface area contributed by atoms with Crippen LogP contribution in [0.5, 0.6) is 11.5 Å². The first-order valence-corrected chi connectivity index (χ1v) is 7.22. The lowest BCUT2D eigenvalue weighted by atomic mass is 10.2. The monoisotopic (exact) mass is 349 g/mol. The summed E-state index contributed by atoms with van der Waals surface area (Å²) in [5.74, 6) is -0.487. The second-order valence-corrected chi connectivity index (χ2v) is 4.98. The fraction of sp³-hybridized carbons (Fsp3) is 0.125. The Kier molecular flexibility index (Phi) is 5.49. The number of carbonyl (C=O) groups is 2. The minimum Gasteiger partial charge on any atom is -0.490 e. The first-order valence-electron chi connectivity index (χ1n) is 6.84. The zero-order valence-corrected chi connectivity index (χ0v) is 13.3. The Morgan fingerprint density at radius 2 is 2.00 bits per heavy atom. The molecule has 0 saturated heterocycles. The summed E-state index contributed by atoms with van der Waals surface area (Å²) in [7, 11) is 0. The number of esters is 1. The van der Waals surface area contributed by atoms with Crippen LogP contribution in [0.4, 0.5) is 5.69 Å². The highest BCUT2D eigenvalue weighted by atomic mass is 35.5. The Morgan fingerprint density at radius 1 is 1.25 bits per heavy atom. The first-order chi connectivity index (χ1) is 11.5. The number of nitrogens with zero attached hydrogens (tertiary/aromatic N) is 1. The van der Waals surface area contributed by atoms with Crippen LogP contribution in [-0.2, 0) is 0 Å². The smallest absolute Gasteiger partial charge is 0.343 e. The van der Waals surface area contributed by atoms with E-state index in [1.807, 2.05) is 0 Å². The van der Waals surface area contributed by atoms with E-state index in [0.717, 1.165) is 6.07 Å². The molecule has 8 heteroatoms. The number of benzene rings is 2. The van der Waals surface area contributed by atoms with Gasteiger partial charge in [0.2, 0.25) is 0 Å². The molecule has 7 nitrogen and oxygen atoms in total. The predicted molar refractivity (Wildman–Crippen MR) is 86.1 cm³/mol. The van der Waals surface area contributed by atoms with Gasteiger partial charge in [-0.1, -0.05) is 11.6 Å². The molecule has 0 heterocycles. The van der Waals surface area contributed by atoms with Crippen LogP contribution >= 0.6 is 11.6 Å². The van der Waals surface area contributed by atoms with Crippen LogP contribution in [0.15, 0.2) is 36.4 Å². The molecule has 0 fully saturated rings. The van der Waals surface area contributed by atoms with Gasteiger partial charge in [0.15, 0.2) is 11.5 Å². The Bertz CT molecular complexity index is 805. The third-order valence-corrected chi connectivity index (χ3v) is 3.30. The molecule has 0 aromatic heterocycles. The Balaban J connectivity index is 2.31. The van der Waals surface area contributed by atoms with E-state index in [1.165, 1.54) is 30.3 Å². The summed E-state index contributed by atoms with van der Waals surface area (Å²) < 4.78 is 10.5. The summed E-state index contributed by atoms with van der Waals surface area (Å²) in [5.41, 5.74) is -0.0687. The van der Waals surface area contributed by atoms with Gasteiger partial charge in [0.1, 0.15) is 11.3 Å². The summed E-state index contributed by atoms with van der Waals surface area (Å²) in [6.45, 7) is 2.04. The molecule has 0 saturated carbocycles. The van der Waals surface area contributed by atoms with Gasteiger partial charge < -0.3 is 9.47 Å². The van der Waals surface area contributed by atoms with Gasteiger partial charge >= 0.3 is 5.97 Å². The van der Waals surface area contributed by atoms with Crippen LogP contribution in [0.3, 0.4) is 0 Å². The number of hydrogen-bond acceptors (Lipinski definition) is 6. The molecule has 0 bridgehead atoms. The van der Waals surface area contributed by atoms with Crippen molar-refractivity contribution < 1.29 is 24.0 Å². The van der Waals surface area contributed by atoms with Gasteiger partial charge in [0, 0.05) is 11.6 Å². The van der Waals surface area contributed by atoms with E-state index in [0.29, 0.717) is 18.5 Å². The van der Waals surface area contributed by atoms with Crippen LogP contribution in [0.2, 0.25) is 5.02 Å². The zero-order chi connectivity index (χ0) is 17.7. The van der Waals surface area contributed by atoms with Gasteiger partial charge in [0.05, 0.1) is 17.1 Å². The lowest BCUT2D eigenvalue weighted by Crippen LogP contribution is -2.10. The van der Waals surface area contributed by atoms with Crippen molar-refractivity contribution in [2.75, 3.05) is 6.61 Å². The van der Waals surface area contributed by atoms with E-state index < -0.39 is 16.6 Å². The topological polar surface area (TPSA) is 95.7 Å². The highest BCUT2D eigenvalue weighted by Crippen LogP contribution is 2.30. The Hall–Kier alpha value is -2.93. The number of ether oxygens (including phenoxy) is 2. The van der Waals surface area contributed by atoms with Gasteiger partial charge in [-0.05, 0) is 37.3 Å². The number of nitro groups is 1. The van der Waals surface area contributed by atoms with Gasteiger partial charge in [-0.25, -0.2) is 4.79 Å². The molecular weight excluding hydrogens is 338 g/mol. The Labute approximate surface area is 141 Å². The minimum atomic E-state index is -0.811. The molecule has 0 radical (unpaired) electrons. The fourth-order valence-electron chi connectivity index (χ4n) is 1.89. The van der Waals surface area contributed by atoms with Gasteiger partial charge in [-0.15, -0.1) is 0 Å². The molecule has 2 rings (SSSR count). The summed E-state index contributed by atoms with van der Waals surface area (Å²) in [6.07, 6.45) is 0.636. The van der Waals surface area contributed by atoms with Crippen molar-refractivity contribution in [3.63, 3.8) is 0 Å². The summed E-state index contributed by atoms with van der Waals surface area (Å²) in [5, 5.41) is 10.8.